The maximum absolute atomic E-state index is 14.3. The van der Waals surface area contributed by atoms with Crippen LogP contribution in [0, 0.1) is 17.8 Å². The average molecular weight is 548 g/mol. The van der Waals surface area contributed by atoms with E-state index in [1.807, 2.05) is 14.7 Å². The van der Waals surface area contributed by atoms with Crippen LogP contribution in [-0.2, 0) is 14.4 Å². The summed E-state index contributed by atoms with van der Waals surface area (Å²) in [5.41, 5.74) is 0. The fourth-order valence-electron chi connectivity index (χ4n) is 6.97. The summed E-state index contributed by atoms with van der Waals surface area (Å²) in [6.45, 7) is 17.0. The van der Waals surface area contributed by atoms with Crippen molar-refractivity contribution in [1.29, 1.82) is 0 Å². The van der Waals surface area contributed by atoms with Crippen molar-refractivity contribution in [2.45, 2.75) is 88.2 Å². The predicted octanol–water partition coefficient (Wildman–Crippen LogP) is 4.12. The highest BCUT2D eigenvalue weighted by Gasteiger charge is 2.76. The molecule has 3 heterocycles. The van der Waals surface area contributed by atoms with Crippen LogP contribution in [0.15, 0.2) is 25.3 Å². The number of likely N-dealkylation sites (tertiary alicyclic amines) is 1. The molecule has 38 heavy (non-hydrogen) atoms. The summed E-state index contributed by atoms with van der Waals surface area (Å²) in [4.78, 5) is 48.2. The second-order valence-electron chi connectivity index (χ2n) is 11.2. The number of aliphatic hydroxyl groups is 1. The van der Waals surface area contributed by atoms with Crippen molar-refractivity contribution in [2.75, 3.05) is 39.3 Å². The third-order valence-electron chi connectivity index (χ3n) is 8.67. The highest BCUT2D eigenvalue weighted by Crippen LogP contribution is 2.68. The lowest BCUT2D eigenvalue weighted by Gasteiger charge is -2.41. The van der Waals surface area contributed by atoms with Gasteiger partial charge in [-0.3, -0.25) is 14.4 Å². The Hall–Kier alpha value is -1.80. The first-order valence-corrected chi connectivity index (χ1v) is 15.6. The molecule has 3 aliphatic rings. The third kappa shape index (κ3) is 5.72. The molecule has 8 heteroatoms. The van der Waals surface area contributed by atoms with Gasteiger partial charge in [0.05, 0.1) is 16.6 Å². The standard InChI is InChI=1S/C30H49N3O4S/c1-6-10-18-32(17-9-4)29(37)26-30-22(5)21-23(38-30)24(27(35)31(15-7-2)16-8-3)25(30)28(36)33(26)19-13-11-12-14-20-34/h7,9,22-26,34H,2,4,6,8,10-21H2,1,3,5H3/t22?,23-,24+,25+,26?,30?/m1/s1. The van der Waals surface area contributed by atoms with E-state index in [0.29, 0.717) is 32.7 Å². The van der Waals surface area contributed by atoms with Crippen LogP contribution >= 0.6 is 11.8 Å². The van der Waals surface area contributed by atoms with Gasteiger partial charge in [0, 0.05) is 44.6 Å². The van der Waals surface area contributed by atoms with Crippen molar-refractivity contribution >= 4 is 29.5 Å². The fourth-order valence-corrected chi connectivity index (χ4v) is 9.38. The van der Waals surface area contributed by atoms with Gasteiger partial charge in [0.25, 0.3) is 0 Å². The molecule has 3 rings (SSSR count). The number of fused-ring (bicyclic) bond motifs is 1. The van der Waals surface area contributed by atoms with Crippen LogP contribution in [0.4, 0.5) is 0 Å². The Morgan fingerprint density at radius 1 is 1.03 bits per heavy atom. The predicted molar refractivity (Wildman–Crippen MR) is 155 cm³/mol. The fraction of sp³-hybridized carbons (Fsp3) is 0.767. The van der Waals surface area contributed by atoms with Gasteiger partial charge in [0.1, 0.15) is 6.04 Å². The minimum absolute atomic E-state index is 0.00848. The summed E-state index contributed by atoms with van der Waals surface area (Å²) < 4.78 is -0.581. The molecule has 0 aliphatic carbocycles. The molecule has 1 N–H and O–H groups in total. The summed E-state index contributed by atoms with van der Waals surface area (Å²) >= 11 is 1.76. The van der Waals surface area contributed by atoms with Crippen LogP contribution in [0.1, 0.15) is 72.1 Å². The average Bonchev–Trinajstić information content (AvgIpc) is 3.49. The Kier molecular flexibility index (Phi) is 11.3. The molecule has 2 bridgehead atoms. The molecule has 214 valence electrons. The molecular formula is C30H49N3O4S. The lowest BCUT2D eigenvalue weighted by molar-refractivity contribution is -0.144. The second-order valence-corrected chi connectivity index (χ2v) is 12.8. The van der Waals surface area contributed by atoms with Gasteiger partial charge in [-0.05, 0) is 38.0 Å². The number of thioether (sulfide) groups is 1. The molecule has 3 fully saturated rings. The molecule has 3 saturated heterocycles. The molecule has 3 unspecified atom stereocenters. The number of hydrogen-bond donors (Lipinski definition) is 1. The Balaban J connectivity index is 2.00. The first-order valence-electron chi connectivity index (χ1n) is 14.7. The molecule has 1 spiro atoms. The number of hydrogen-bond acceptors (Lipinski definition) is 5. The smallest absolute Gasteiger partial charge is 0.247 e. The van der Waals surface area contributed by atoms with E-state index >= 15 is 0 Å². The minimum Gasteiger partial charge on any atom is -0.396 e. The highest BCUT2D eigenvalue weighted by atomic mass is 32.2. The monoisotopic (exact) mass is 547 g/mol. The van der Waals surface area contributed by atoms with Crippen LogP contribution in [0.5, 0.6) is 0 Å². The van der Waals surface area contributed by atoms with E-state index < -0.39 is 22.6 Å². The number of carbonyl (C=O) groups is 3. The van der Waals surface area contributed by atoms with Gasteiger partial charge < -0.3 is 19.8 Å². The van der Waals surface area contributed by atoms with Crippen molar-refractivity contribution < 1.29 is 19.5 Å². The second kappa shape index (κ2) is 14.0. The molecule has 0 radical (unpaired) electrons. The van der Waals surface area contributed by atoms with Gasteiger partial charge >= 0.3 is 0 Å². The van der Waals surface area contributed by atoms with Crippen molar-refractivity contribution in [2.24, 2.45) is 17.8 Å². The van der Waals surface area contributed by atoms with Crippen LogP contribution in [0.2, 0.25) is 0 Å². The summed E-state index contributed by atoms with van der Waals surface area (Å²) in [6, 6.07) is -0.559. The summed E-state index contributed by atoms with van der Waals surface area (Å²) in [7, 11) is 0. The largest absolute Gasteiger partial charge is 0.396 e. The van der Waals surface area contributed by atoms with Crippen molar-refractivity contribution in [1.82, 2.24) is 14.7 Å². The van der Waals surface area contributed by atoms with E-state index in [2.05, 4.69) is 33.9 Å². The molecule has 0 aromatic heterocycles. The Morgan fingerprint density at radius 3 is 2.29 bits per heavy atom. The lowest BCUT2D eigenvalue weighted by atomic mass is 9.65. The Labute approximate surface area is 234 Å². The zero-order valence-electron chi connectivity index (χ0n) is 23.8. The maximum Gasteiger partial charge on any atom is 0.247 e. The van der Waals surface area contributed by atoms with Gasteiger partial charge in [0.15, 0.2) is 0 Å². The summed E-state index contributed by atoms with van der Waals surface area (Å²) in [5.74, 6) is -0.668. The number of carbonyl (C=O) groups excluding carboxylic acids is 3. The van der Waals surface area contributed by atoms with E-state index in [0.717, 1.165) is 51.4 Å². The van der Waals surface area contributed by atoms with Gasteiger partial charge in [0.2, 0.25) is 17.7 Å². The van der Waals surface area contributed by atoms with Crippen LogP contribution in [0.25, 0.3) is 0 Å². The summed E-state index contributed by atoms with van der Waals surface area (Å²) in [6.07, 6.45) is 10.4. The Morgan fingerprint density at radius 2 is 1.68 bits per heavy atom. The molecule has 3 amide bonds. The normalized spacial score (nSPS) is 29.4. The van der Waals surface area contributed by atoms with E-state index in [1.165, 1.54) is 0 Å². The minimum atomic E-state index is -0.581. The van der Waals surface area contributed by atoms with Crippen LogP contribution in [-0.4, -0.2) is 92.9 Å². The van der Waals surface area contributed by atoms with E-state index in [-0.39, 0.29) is 35.5 Å². The molecule has 0 saturated carbocycles. The first kappa shape index (κ1) is 30.7. The van der Waals surface area contributed by atoms with Crippen LogP contribution in [0.3, 0.4) is 0 Å². The number of aliphatic hydroxyl groups excluding tert-OH is 1. The molecule has 3 aliphatic heterocycles. The molecule has 6 atom stereocenters. The van der Waals surface area contributed by atoms with Crippen LogP contribution < -0.4 is 0 Å². The molecule has 0 aromatic carbocycles. The number of nitrogens with zero attached hydrogens (tertiary/aromatic N) is 3. The number of unbranched alkanes of at least 4 members (excludes halogenated alkanes) is 4. The zero-order valence-corrected chi connectivity index (χ0v) is 24.6. The van der Waals surface area contributed by atoms with Crippen molar-refractivity contribution in [3.05, 3.63) is 25.3 Å². The SMILES string of the molecule is C=CCN(CCCC)C(=O)C1N(CCCCCCO)C(=O)[C@@H]2[C@@H](C(=O)N(CC=C)CCC)[C@H]3CC(C)C12S3. The maximum atomic E-state index is 14.3. The first-order chi connectivity index (χ1) is 18.3. The highest BCUT2D eigenvalue weighted by molar-refractivity contribution is 8.02. The quantitative estimate of drug-likeness (QED) is 0.219. The molecule has 0 aromatic rings. The Bertz CT molecular complexity index is 866. The lowest BCUT2D eigenvalue weighted by Crippen LogP contribution is -2.57. The number of rotatable bonds is 17. The molecular weight excluding hydrogens is 498 g/mol. The topological polar surface area (TPSA) is 81.2 Å². The van der Waals surface area contributed by atoms with Gasteiger partial charge in [-0.25, -0.2) is 0 Å². The van der Waals surface area contributed by atoms with Gasteiger partial charge in [-0.15, -0.1) is 24.9 Å². The zero-order chi connectivity index (χ0) is 27.9. The van der Waals surface area contributed by atoms with Crippen molar-refractivity contribution in [3.8, 4) is 0 Å². The van der Waals surface area contributed by atoms with E-state index in [9.17, 15) is 14.4 Å². The summed E-state index contributed by atoms with van der Waals surface area (Å²) in [5, 5.41) is 9.22. The van der Waals surface area contributed by atoms with Crippen molar-refractivity contribution in [3.63, 3.8) is 0 Å². The van der Waals surface area contributed by atoms with Gasteiger partial charge in [-0.1, -0.05) is 52.2 Å². The molecule has 7 nitrogen and oxygen atoms in total. The third-order valence-corrected chi connectivity index (χ3v) is 10.7. The van der Waals surface area contributed by atoms with E-state index in [4.69, 9.17) is 5.11 Å². The number of amides is 3. The van der Waals surface area contributed by atoms with E-state index in [1.54, 1.807) is 23.9 Å². The van der Waals surface area contributed by atoms with Gasteiger partial charge in [-0.2, -0.15) is 0 Å².